The fourth-order valence-electron chi connectivity index (χ4n) is 4.06. The molecule has 0 aliphatic rings. The molecule has 0 spiro atoms. The first-order chi connectivity index (χ1) is 16.4. The highest BCUT2D eigenvalue weighted by Crippen LogP contribution is 2.32. The van der Waals surface area contributed by atoms with Crippen LogP contribution in [0.5, 0.6) is 0 Å². The summed E-state index contributed by atoms with van der Waals surface area (Å²) in [5.41, 5.74) is 12.1. The maximum atomic E-state index is 13.5. The van der Waals surface area contributed by atoms with Crippen LogP contribution in [0, 0.1) is 0 Å². The van der Waals surface area contributed by atoms with Crippen molar-refractivity contribution in [2.45, 2.75) is 25.5 Å². The maximum Gasteiger partial charge on any atom is 0.242 e. The van der Waals surface area contributed by atoms with Gasteiger partial charge in [0.1, 0.15) is 5.82 Å². The molecule has 7 nitrogen and oxygen atoms in total. The smallest absolute Gasteiger partial charge is 0.242 e. The third-order valence-corrected chi connectivity index (χ3v) is 8.02. The van der Waals surface area contributed by atoms with E-state index in [2.05, 4.69) is 9.97 Å². The molecule has 172 valence electrons. The quantitative estimate of drug-likeness (QED) is 0.344. The Kier molecular flexibility index (Phi) is 5.45. The van der Waals surface area contributed by atoms with E-state index in [9.17, 15) is 8.42 Å². The van der Waals surface area contributed by atoms with Crippen LogP contribution < -0.4 is 5.73 Å². The number of hydrogen-bond acceptors (Lipinski definition) is 5. The zero-order valence-electron chi connectivity index (χ0n) is 18.9. The van der Waals surface area contributed by atoms with Gasteiger partial charge in [-0.25, -0.2) is 22.4 Å². The van der Waals surface area contributed by atoms with Crippen molar-refractivity contribution in [1.82, 2.24) is 18.9 Å². The molecule has 0 aliphatic carbocycles. The molecule has 0 saturated heterocycles. The largest absolute Gasteiger partial charge is 0.398 e. The molecule has 2 aromatic heterocycles. The number of nitrogen functional groups attached to an aromatic ring is 1. The second-order valence-electron chi connectivity index (χ2n) is 8.46. The predicted molar refractivity (Wildman–Crippen MR) is 136 cm³/mol. The Morgan fingerprint density at radius 1 is 0.971 bits per heavy atom. The summed E-state index contributed by atoms with van der Waals surface area (Å²) in [7, 11) is -3.69. The Labute approximate surface area is 198 Å². The van der Waals surface area contributed by atoms with Crippen LogP contribution in [0.2, 0.25) is 0 Å². The van der Waals surface area contributed by atoms with E-state index in [0.717, 1.165) is 28.1 Å². The summed E-state index contributed by atoms with van der Waals surface area (Å²) in [4.78, 5) is 12.4. The third-order valence-electron chi connectivity index (χ3n) is 5.91. The summed E-state index contributed by atoms with van der Waals surface area (Å²) in [5, 5.41) is -0.620. The lowest BCUT2D eigenvalue weighted by Gasteiger charge is -2.14. The topological polar surface area (TPSA) is 107 Å². The summed E-state index contributed by atoms with van der Waals surface area (Å²) in [6.45, 7) is 3.35. The van der Waals surface area contributed by atoms with Gasteiger partial charge in [0.05, 0.1) is 34.0 Å². The molecule has 3 N–H and O–H groups in total. The minimum absolute atomic E-state index is 0.306. The highest BCUT2D eigenvalue weighted by Gasteiger charge is 2.26. The van der Waals surface area contributed by atoms with Gasteiger partial charge in [-0.2, -0.15) is 0 Å². The van der Waals surface area contributed by atoms with Gasteiger partial charge in [-0.05, 0) is 37.6 Å². The average Bonchev–Trinajstić information content (AvgIpc) is 3.45. The van der Waals surface area contributed by atoms with Crippen molar-refractivity contribution < 1.29 is 8.42 Å². The molecule has 34 heavy (non-hydrogen) atoms. The molecule has 0 fully saturated rings. The van der Waals surface area contributed by atoms with Gasteiger partial charge in [0.25, 0.3) is 0 Å². The van der Waals surface area contributed by atoms with E-state index in [4.69, 9.17) is 10.7 Å². The molecule has 5 aromatic rings. The number of rotatable bonds is 6. The van der Waals surface area contributed by atoms with Crippen LogP contribution in [0.25, 0.3) is 33.5 Å². The summed E-state index contributed by atoms with van der Waals surface area (Å²) >= 11 is 0. The Balaban J connectivity index is 1.70. The van der Waals surface area contributed by atoms with Crippen LogP contribution >= 0.6 is 0 Å². The van der Waals surface area contributed by atoms with Crippen LogP contribution in [0.3, 0.4) is 0 Å². The molecule has 0 aliphatic heterocycles. The summed E-state index contributed by atoms with van der Waals surface area (Å²) in [6.07, 6.45) is 1.95. The number of nitrogens with two attached hydrogens (primary N) is 1. The Bertz CT molecular complexity index is 1580. The number of H-pyrrole nitrogens is 1. The molecule has 5 rings (SSSR count). The lowest BCUT2D eigenvalue weighted by molar-refractivity contribution is 0.577. The third kappa shape index (κ3) is 3.76. The van der Waals surface area contributed by atoms with E-state index in [1.54, 1.807) is 26.2 Å². The van der Waals surface area contributed by atoms with Crippen molar-refractivity contribution in [3.63, 3.8) is 0 Å². The second-order valence-corrected chi connectivity index (χ2v) is 10.8. The minimum Gasteiger partial charge on any atom is -0.398 e. The number of hydrogen-bond donors (Lipinski definition) is 2. The first-order valence-electron chi connectivity index (χ1n) is 11.0. The molecule has 0 radical (unpaired) electrons. The lowest BCUT2D eigenvalue weighted by atomic mass is 10.0. The number of nitrogens with zero attached hydrogens (tertiary/aromatic N) is 3. The first-order valence-corrected chi connectivity index (χ1v) is 12.5. The molecule has 8 heteroatoms. The molecule has 0 bridgehead atoms. The predicted octanol–water partition coefficient (Wildman–Crippen LogP) is 4.85. The van der Waals surface area contributed by atoms with Crippen LogP contribution in [0.1, 0.15) is 25.2 Å². The van der Waals surface area contributed by atoms with Crippen LogP contribution in [-0.4, -0.2) is 32.6 Å². The van der Waals surface area contributed by atoms with Gasteiger partial charge in [0.15, 0.2) is 0 Å². The second kappa shape index (κ2) is 8.46. The molecule has 0 saturated carbocycles. The van der Waals surface area contributed by atoms with E-state index in [-0.39, 0.29) is 0 Å². The van der Waals surface area contributed by atoms with E-state index in [1.165, 1.54) is 3.97 Å². The fraction of sp³-hybridized carbons (Fsp3) is 0.154. The number of nitrogens with one attached hydrogen (secondary N) is 1. The Morgan fingerprint density at radius 3 is 2.44 bits per heavy atom. The summed E-state index contributed by atoms with van der Waals surface area (Å²) in [5.74, 6) is 0.434. The Morgan fingerprint density at radius 2 is 1.71 bits per heavy atom. The zero-order valence-corrected chi connectivity index (χ0v) is 19.8. The highest BCUT2D eigenvalue weighted by molar-refractivity contribution is 7.90. The van der Waals surface area contributed by atoms with Gasteiger partial charge in [0.2, 0.25) is 10.0 Å². The molecular weight excluding hydrogens is 446 g/mol. The minimum atomic E-state index is -3.69. The van der Waals surface area contributed by atoms with Crippen molar-refractivity contribution >= 4 is 26.7 Å². The van der Waals surface area contributed by atoms with Gasteiger partial charge in [-0.15, -0.1) is 0 Å². The van der Waals surface area contributed by atoms with Crippen molar-refractivity contribution in [2.24, 2.45) is 0 Å². The zero-order chi connectivity index (χ0) is 23.9. The summed E-state index contributed by atoms with van der Waals surface area (Å²) < 4.78 is 28.3. The summed E-state index contributed by atoms with van der Waals surface area (Å²) in [6, 6.07) is 23.0. The van der Waals surface area contributed by atoms with Gasteiger partial charge in [-0.1, -0.05) is 54.6 Å². The van der Waals surface area contributed by atoms with Crippen LogP contribution in [0.15, 0.2) is 79.1 Å². The van der Waals surface area contributed by atoms with E-state index in [0.29, 0.717) is 29.0 Å². The standard InChI is InChI=1S/C26H25N5O2S/c1-17(2)34(32,33)31-23-14-20(26-25(28-16-29-26)18-8-4-3-5-9-18)12-13-22(23)30-24(31)15-19-10-6-7-11-21(19)27/h3-14,16-17H,15,27H2,1-2H3,(H,28,29). The molecule has 3 aromatic carbocycles. The number of imidazole rings is 2. The van der Waals surface area contributed by atoms with Gasteiger partial charge in [0, 0.05) is 23.2 Å². The van der Waals surface area contributed by atoms with Crippen LogP contribution in [0.4, 0.5) is 5.69 Å². The van der Waals surface area contributed by atoms with Crippen molar-refractivity contribution in [2.75, 3.05) is 5.73 Å². The number of aromatic amines is 1. The van der Waals surface area contributed by atoms with E-state index in [1.807, 2.05) is 66.7 Å². The number of benzene rings is 3. The average molecular weight is 472 g/mol. The highest BCUT2D eigenvalue weighted by atomic mass is 32.2. The number of anilines is 1. The van der Waals surface area contributed by atoms with Crippen LogP contribution in [-0.2, 0) is 16.4 Å². The normalized spacial score (nSPS) is 12.0. The molecule has 2 heterocycles. The van der Waals surface area contributed by atoms with E-state index >= 15 is 0 Å². The fourth-order valence-corrected chi connectivity index (χ4v) is 5.30. The van der Waals surface area contributed by atoms with Gasteiger partial charge in [-0.3, -0.25) is 0 Å². The van der Waals surface area contributed by atoms with Gasteiger partial charge >= 0.3 is 0 Å². The number of para-hydroxylation sites is 1. The molecule has 0 unspecified atom stereocenters. The molecular formula is C26H25N5O2S. The monoisotopic (exact) mass is 471 g/mol. The van der Waals surface area contributed by atoms with Crippen molar-refractivity contribution in [3.05, 3.63) is 90.5 Å². The number of aromatic nitrogens is 4. The van der Waals surface area contributed by atoms with Crippen molar-refractivity contribution in [1.29, 1.82) is 0 Å². The van der Waals surface area contributed by atoms with E-state index < -0.39 is 15.3 Å². The lowest BCUT2D eigenvalue weighted by Crippen LogP contribution is -2.24. The Hall–Kier alpha value is -3.91. The molecule has 0 amide bonds. The SMILES string of the molecule is CC(C)S(=O)(=O)n1c(Cc2ccccc2N)nc2ccc(-c3nc[nH]c3-c3ccccc3)cc21. The van der Waals surface area contributed by atoms with Crippen molar-refractivity contribution in [3.8, 4) is 22.5 Å². The van der Waals surface area contributed by atoms with Gasteiger partial charge < -0.3 is 10.7 Å². The maximum absolute atomic E-state index is 13.5. The first kappa shape index (κ1) is 21.9. The molecule has 0 atom stereocenters. The number of fused-ring (bicyclic) bond motifs is 1.